The Morgan fingerprint density at radius 3 is 2.81 bits per heavy atom. The largest absolute Gasteiger partial charge is 0.390 e. The Labute approximate surface area is 103 Å². The Hall–Kier alpha value is -0.380. The lowest BCUT2D eigenvalue weighted by atomic mass is 9.97. The smallest absolute Gasteiger partial charge is 0.0679 e. The summed E-state index contributed by atoms with van der Waals surface area (Å²) in [6.45, 7) is 8.21. The van der Waals surface area contributed by atoms with E-state index in [9.17, 15) is 5.11 Å². The number of rotatable bonds is 7. The minimum absolute atomic E-state index is 0.588. The molecule has 1 atom stereocenters. The Bertz CT molecular complexity index is 280. The zero-order valence-corrected chi connectivity index (χ0v) is 11.3. The van der Waals surface area contributed by atoms with Gasteiger partial charge in [-0.15, -0.1) is 11.3 Å². The quantitative estimate of drug-likeness (QED) is 0.719. The van der Waals surface area contributed by atoms with E-state index in [2.05, 4.69) is 30.6 Å². The van der Waals surface area contributed by atoms with Crippen molar-refractivity contribution in [3.8, 4) is 0 Å². The number of hydrogen-bond donors (Lipinski definition) is 2. The van der Waals surface area contributed by atoms with Gasteiger partial charge in [0.05, 0.1) is 5.60 Å². The van der Waals surface area contributed by atoms with Gasteiger partial charge in [0.15, 0.2) is 0 Å². The standard InChI is InChI=1S/C13H23NOS/c1-11(2)10-14-7-6-13(3,15)9-12-5-4-8-16-12/h4-5,8,11,14-15H,6-7,9-10H2,1-3H3. The van der Waals surface area contributed by atoms with Gasteiger partial charge in [-0.3, -0.25) is 0 Å². The fraction of sp³-hybridized carbons (Fsp3) is 0.692. The van der Waals surface area contributed by atoms with E-state index in [0.29, 0.717) is 5.92 Å². The molecular weight excluding hydrogens is 218 g/mol. The van der Waals surface area contributed by atoms with Gasteiger partial charge in [-0.1, -0.05) is 19.9 Å². The Balaban J connectivity index is 2.23. The van der Waals surface area contributed by atoms with Crippen LogP contribution in [0.2, 0.25) is 0 Å². The van der Waals surface area contributed by atoms with Crippen molar-refractivity contribution in [2.75, 3.05) is 13.1 Å². The summed E-state index contributed by atoms with van der Waals surface area (Å²) in [6, 6.07) is 4.12. The highest BCUT2D eigenvalue weighted by Crippen LogP contribution is 2.19. The molecule has 0 aliphatic rings. The minimum Gasteiger partial charge on any atom is -0.390 e. The molecule has 16 heavy (non-hydrogen) atoms. The zero-order chi connectivity index (χ0) is 12.0. The molecule has 1 aromatic rings. The summed E-state index contributed by atoms with van der Waals surface area (Å²) in [4.78, 5) is 1.26. The predicted octanol–water partition coefficient (Wildman–Crippen LogP) is 2.68. The summed E-state index contributed by atoms with van der Waals surface area (Å²) in [5.41, 5.74) is -0.588. The van der Waals surface area contributed by atoms with E-state index in [0.717, 1.165) is 25.9 Å². The summed E-state index contributed by atoms with van der Waals surface area (Å²) in [5.74, 6) is 0.669. The van der Waals surface area contributed by atoms with E-state index in [-0.39, 0.29) is 0 Å². The molecule has 1 rings (SSSR count). The highest BCUT2D eigenvalue weighted by Gasteiger charge is 2.20. The summed E-state index contributed by atoms with van der Waals surface area (Å²) in [6.07, 6.45) is 1.56. The van der Waals surface area contributed by atoms with E-state index < -0.39 is 5.60 Å². The van der Waals surface area contributed by atoms with Crippen molar-refractivity contribution in [1.29, 1.82) is 0 Å². The molecule has 0 aliphatic heterocycles. The molecule has 1 heterocycles. The third-order valence-electron chi connectivity index (χ3n) is 2.53. The summed E-state index contributed by atoms with van der Waals surface area (Å²) < 4.78 is 0. The molecule has 2 nitrogen and oxygen atoms in total. The molecule has 1 unspecified atom stereocenters. The fourth-order valence-electron chi connectivity index (χ4n) is 1.63. The van der Waals surface area contributed by atoms with Crippen molar-refractivity contribution < 1.29 is 5.11 Å². The molecule has 0 fully saturated rings. The van der Waals surface area contributed by atoms with E-state index in [1.165, 1.54) is 4.88 Å². The maximum absolute atomic E-state index is 10.2. The minimum atomic E-state index is -0.588. The first-order valence-electron chi connectivity index (χ1n) is 5.95. The number of thiophene rings is 1. The zero-order valence-electron chi connectivity index (χ0n) is 10.5. The second kappa shape index (κ2) is 6.38. The van der Waals surface area contributed by atoms with Gasteiger partial charge < -0.3 is 10.4 Å². The molecule has 0 saturated carbocycles. The highest BCUT2D eigenvalue weighted by atomic mass is 32.1. The van der Waals surface area contributed by atoms with Crippen LogP contribution in [0.5, 0.6) is 0 Å². The van der Waals surface area contributed by atoms with Crippen LogP contribution in [0, 0.1) is 5.92 Å². The monoisotopic (exact) mass is 241 g/mol. The molecule has 0 spiro atoms. The van der Waals surface area contributed by atoms with Crippen molar-refractivity contribution in [2.45, 2.75) is 39.2 Å². The van der Waals surface area contributed by atoms with Crippen LogP contribution in [-0.4, -0.2) is 23.8 Å². The average molecular weight is 241 g/mol. The SMILES string of the molecule is CC(C)CNCCC(C)(O)Cc1cccs1. The number of nitrogens with one attached hydrogen (secondary N) is 1. The molecule has 0 radical (unpaired) electrons. The highest BCUT2D eigenvalue weighted by molar-refractivity contribution is 7.09. The van der Waals surface area contributed by atoms with Crippen LogP contribution in [0.15, 0.2) is 17.5 Å². The summed E-state index contributed by atoms with van der Waals surface area (Å²) in [5, 5.41) is 15.6. The van der Waals surface area contributed by atoms with Crippen LogP contribution in [0.25, 0.3) is 0 Å². The van der Waals surface area contributed by atoms with Crippen molar-refractivity contribution >= 4 is 11.3 Å². The fourth-order valence-corrected chi connectivity index (χ4v) is 2.51. The van der Waals surface area contributed by atoms with Crippen molar-refractivity contribution in [3.05, 3.63) is 22.4 Å². The van der Waals surface area contributed by atoms with Crippen LogP contribution < -0.4 is 5.32 Å². The lowest BCUT2D eigenvalue weighted by Crippen LogP contribution is -2.33. The third kappa shape index (κ3) is 5.64. The first-order chi connectivity index (χ1) is 7.49. The summed E-state index contributed by atoms with van der Waals surface area (Å²) >= 11 is 1.71. The second-order valence-corrected chi connectivity index (χ2v) is 6.13. The van der Waals surface area contributed by atoms with Crippen molar-refractivity contribution in [1.82, 2.24) is 5.32 Å². The van der Waals surface area contributed by atoms with Crippen molar-refractivity contribution in [2.24, 2.45) is 5.92 Å². The third-order valence-corrected chi connectivity index (χ3v) is 3.40. The molecule has 0 amide bonds. The molecule has 1 aromatic heterocycles. The first kappa shape index (κ1) is 13.7. The van der Waals surface area contributed by atoms with Crippen LogP contribution in [0.1, 0.15) is 32.1 Å². The maximum Gasteiger partial charge on any atom is 0.0679 e. The van der Waals surface area contributed by atoms with Gasteiger partial charge in [0.1, 0.15) is 0 Å². The molecule has 2 N–H and O–H groups in total. The predicted molar refractivity (Wildman–Crippen MR) is 71.0 cm³/mol. The van der Waals surface area contributed by atoms with Gasteiger partial charge in [-0.25, -0.2) is 0 Å². The van der Waals surface area contributed by atoms with E-state index in [1.807, 2.05) is 13.0 Å². The Kier molecular flexibility index (Phi) is 5.46. The molecule has 0 aromatic carbocycles. The molecule has 92 valence electrons. The topological polar surface area (TPSA) is 32.3 Å². The molecule has 3 heteroatoms. The van der Waals surface area contributed by atoms with E-state index in [4.69, 9.17) is 0 Å². The maximum atomic E-state index is 10.2. The number of hydrogen-bond acceptors (Lipinski definition) is 3. The number of aliphatic hydroxyl groups is 1. The van der Waals surface area contributed by atoms with Gasteiger partial charge in [-0.05, 0) is 43.8 Å². The first-order valence-corrected chi connectivity index (χ1v) is 6.83. The molecular formula is C13H23NOS. The van der Waals surface area contributed by atoms with E-state index >= 15 is 0 Å². The van der Waals surface area contributed by atoms with Gasteiger partial charge in [0, 0.05) is 11.3 Å². The molecule has 0 saturated heterocycles. The van der Waals surface area contributed by atoms with Gasteiger partial charge >= 0.3 is 0 Å². The van der Waals surface area contributed by atoms with E-state index in [1.54, 1.807) is 11.3 Å². The normalized spacial score (nSPS) is 15.3. The van der Waals surface area contributed by atoms with Crippen LogP contribution in [-0.2, 0) is 6.42 Å². The van der Waals surface area contributed by atoms with Gasteiger partial charge in [-0.2, -0.15) is 0 Å². The average Bonchev–Trinajstić information content (AvgIpc) is 2.64. The molecule has 0 bridgehead atoms. The molecule has 0 aliphatic carbocycles. The van der Waals surface area contributed by atoms with Crippen LogP contribution in [0.3, 0.4) is 0 Å². The Morgan fingerprint density at radius 1 is 1.50 bits per heavy atom. The lowest BCUT2D eigenvalue weighted by Gasteiger charge is -2.23. The Morgan fingerprint density at radius 2 is 2.25 bits per heavy atom. The lowest BCUT2D eigenvalue weighted by molar-refractivity contribution is 0.0522. The van der Waals surface area contributed by atoms with Crippen molar-refractivity contribution in [3.63, 3.8) is 0 Å². The van der Waals surface area contributed by atoms with Gasteiger partial charge in [0.25, 0.3) is 0 Å². The van der Waals surface area contributed by atoms with Gasteiger partial charge in [0.2, 0.25) is 0 Å². The second-order valence-electron chi connectivity index (χ2n) is 5.10. The summed E-state index contributed by atoms with van der Waals surface area (Å²) in [7, 11) is 0. The van der Waals surface area contributed by atoms with Crippen LogP contribution >= 0.6 is 11.3 Å². The van der Waals surface area contributed by atoms with Crippen LogP contribution in [0.4, 0.5) is 0 Å².